The van der Waals surface area contributed by atoms with Crippen LogP contribution in [-0.4, -0.2) is 37.0 Å². The molecule has 4 heteroatoms. The Hall–Kier alpha value is -1.91. The lowest BCUT2D eigenvalue weighted by atomic mass is 10.2. The van der Waals surface area contributed by atoms with E-state index < -0.39 is 12.1 Å². The zero-order valence-corrected chi connectivity index (χ0v) is 16.9. The van der Waals surface area contributed by atoms with Crippen LogP contribution in [0.4, 0.5) is 0 Å². The first kappa shape index (κ1) is 25.1. The van der Waals surface area contributed by atoms with Crippen molar-refractivity contribution in [3.05, 3.63) is 60.8 Å². The Morgan fingerprint density at radius 1 is 0.852 bits per heavy atom. The Kier molecular flexibility index (Phi) is 19.0. The van der Waals surface area contributed by atoms with Gasteiger partial charge in [-0.3, -0.25) is 4.79 Å². The van der Waals surface area contributed by atoms with Gasteiger partial charge in [0.2, 0.25) is 0 Å². The van der Waals surface area contributed by atoms with Crippen LogP contribution in [0.2, 0.25) is 0 Å². The summed E-state index contributed by atoms with van der Waals surface area (Å²) in [7, 11) is 0. The van der Waals surface area contributed by atoms with E-state index >= 15 is 0 Å². The Morgan fingerprint density at radius 3 is 1.78 bits per heavy atom. The van der Waals surface area contributed by atoms with Crippen LogP contribution in [0.1, 0.15) is 52.4 Å². The molecule has 0 aromatic heterocycles. The molecule has 0 saturated carbocycles. The van der Waals surface area contributed by atoms with Crippen molar-refractivity contribution in [3.63, 3.8) is 0 Å². The third-order valence-electron chi connectivity index (χ3n) is 3.43. The van der Waals surface area contributed by atoms with Crippen LogP contribution in [-0.2, 0) is 14.3 Å². The van der Waals surface area contributed by atoms with E-state index in [0.29, 0.717) is 6.61 Å². The van der Waals surface area contributed by atoms with E-state index in [0.717, 1.165) is 38.5 Å². The van der Waals surface area contributed by atoms with E-state index in [1.165, 1.54) is 6.92 Å². The predicted molar refractivity (Wildman–Crippen MR) is 113 cm³/mol. The van der Waals surface area contributed by atoms with E-state index in [2.05, 4.69) is 67.7 Å². The van der Waals surface area contributed by atoms with Crippen LogP contribution in [0.3, 0.4) is 0 Å². The summed E-state index contributed by atoms with van der Waals surface area (Å²) in [6, 6.07) is 0. The summed E-state index contributed by atoms with van der Waals surface area (Å²) in [6.45, 7) is 4.01. The lowest BCUT2D eigenvalue weighted by Crippen LogP contribution is -2.26. The van der Waals surface area contributed by atoms with E-state index in [1.807, 2.05) is 0 Å². The molecule has 0 rings (SSSR count). The van der Waals surface area contributed by atoms with Gasteiger partial charge in [0.15, 0.2) is 0 Å². The summed E-state index contributed by atoms with van der Waals surface area (Å²) < 4.78 is 10.3. The molecule has 1 unspecified atom stereocenters. The first-order chi connectivity index (χ1) is 13.2. The molecule has 0 aliphatic rings. The molecule has 152 valence electrons. The fourth-order valence-corrected chi connectivity index (χ4v) is 2.09. The topological polar surface area (TPSA) is 55.8 Å². The van der Waals surface area contributed by atoms with Crippen LogP contribution < -0.4 is 0 Å². The lowest BCUT2D eigenvalue weighted by Gasteiger charge is -2.13. The molecule has 0 saturated heterocycles. The highest BCUT2D eigenvalue weighted by atomic mass is 16.6. The van der Waals surface area contributed by atoms with Crippen molar-refractivity contribution < 1.29 is 19.4 Å². The summed E-state index contributed by atoms with van der Waals surface area (Å²) in [6.07, 6.45) is 26.8. The SMILES string of the molecule is CC/C=C\C/C=C\C/C=C\C/C=C\C/C=C\CCOCC(CO)OC(C)=O. The summed E-state index contributed by atoms with van der Waals surface area (Å²) in [5, 5.41) is 9.03. The zero-order valence-electron chi connectivity index (χ0n) is 16.9. The Morgan fingerprint density at radius 2 is 1.33 bits per heavy atom. The standard InChI is InChI=1S/C23H36O4/c1-3-4-5-6-7-8-9-10-11-12-13-14-15-16-17-18-19-26-21-23(20-24)27-22(2)25/h4-5,7-8,10-11,13-14,16-17,23-24H,3,6,9,12,15,18-21H2,1-2H3/b5-4-,8-7-,11-10-,14-13-,17-16-. The number of ether oxygens (including phenoxy) is 2. The summed E-state index contributed by atoms with van der Waals surface area (Å²) in [5.74, 6) is -0.407. The van der Waals surface area contributed by atoms with Crippen molar-refractivity contribution >= 4 is 5.97 Å². The second-order valence-corrected chi connectivity index (χ2v) is 5.99. The zero-order chi connectivity index (χ0) is 20.0. The van der Waals surface area contributed by atoms with Gasteiger partial charge in [-0.1, -0.05) is 67.7 Å². The molecule has 0 aliphatic carbocycles. The van der Waals surface area contributed by atoms with Gasteiger partial charge in [0.1, 0.15) is 6.10 Å². The molecular weight excluding hydrogens is 340 g/mol. The molecule has 0 spiro atoms. The van der Waals surface area contributed by atoms with E-state index in [4.69, 9.17) is 14.6 Å². The third kappa shape index (κ3) is 20.3. The number of rotatable bonds is 16. The summed E-state index contributed by atoms with van der Waals surface area (Å²) in [5.41, 5.74) is 0. The first-order valence-electron chi connectivity index (χ1n) is 9.81. The van der Waals surface area contributed by atoms with Crippen molar-refractivity contribution in [2.45, 2.75) is 58.5 Å². The van der Waals surface area contributed by atoms with Gasteiger partial charge in [-0.2, -0.15) is 0 Å². The van der Waals surface area contributed by atoms with Gasteiger partial charge in [0.05, 0.1) is 19.8 Å². The molecule has 0 aromatic carbocycles. The number of hydrogen-bond donors (Lipinski definition) is 1. The van der Waals surface area contributed by atoms with Crippen LogP contribution in [0.5, 0.6) is 0 Å². The maximum absolute atomic E-state index is 10.8. The lowest BCUT2D eigenvalue weighted by molar-refractivity contribution is -0.151. The fourth-order valence-electron chi connectivity index (χ4n) is 2.09. The van der Waals surface area contributed by atoms with Crippen LogP contribution >= 0.6 is 0 Å². The molecule has 1 N–H and O–H groups in total. The van der Waals surface area contributed by atoms with Crippen LogP contribution in [0, 0.1) is 0 Å². The second-order valence-electron chi connectivity index (χ2n) is 5.99. The van der Waals surface area contributed by atoms with Crippen molar-refractivity contribution in [1.29, 1.82) is 0 Å². The molecule has 27 heavy (non-hydrogen) atoms. The van der Waals surface area contributed by atoms with Gasteiger partial charge in [0.25, 0.3) is 0 Å². The predicted octanol–water partition coefficient (Wildman–Crippen LogP) is 5.07. The number of aliphatic hydroxyl groups is 1. The van der Waals surface area contributed by atoms with E-state index in [-0.39, 0.29) is 13.2 Å². The van der Waals surface area contributed by atoms with Crippen molar-refractivity contribution in [2.24, 2.45) is 0 Å². The Bertz CT molecular complexity index is 487. The smallest absolute Gasteiger partial charge is 0.303 e. The highest BCUT2D eigenvalue weighted by Gasteiger charge is 2.09. The molecule has 0 aliphatic heterocycles. The normalized spacial score (nSPS) is 13.7. The third-order valence-corrected chi connectivity index (χ3v) is 3.43. The maximum Gasteiger partial charge on any atom is 0.303 e. The Balaban J connectivity index is 3.56. The van der Waals surface area contributed by atoms with Crippen molar-refractivity contribution in [2.75, 3.05) is 19.8 Å². The maximum atomic E-state index is 10.8. The number of aliphatic hydroxyl groups excluding tert-OH is 1. The molecule has 1 atom stereocenters. The number of esters is 1. The molecule has 0 heterocycles. The van der Waals surface area contributed by atoms with Gasteiger partial charge >= 0.3 is 5.97 Å². The second kappa shape index (κ2) is 20.4. The molecule has 0 radical (unpaired) electrons. The molecule has 4 nitrogen and oxygen atoms in total. The molecular formula is C23H36O4. The first-order valence-corrected chi connectivity index (χ1v) is 9.81. The fraction of sp³-hybridized carbons (Fsp3) is 0.522. The number of carbonyl (C=O) groups excluding carboxylic acids is 1. The number of allylic oxidation sites excluding steroid dienone is 9. The highest BCUT2D eigenvalue weighted by molar-refractivity contribution is 5.66. The van der Waals surface area contributed by atoms with Crippen molar-refractivity contribution in [3.8, 4) is 0 Å². The van der Waals surface area contributed by atoms with E-state index in [9.17, 15) is 4.79 Å². The molecule has 0 fully saturated rings. The monoisotopic (exact) mass is 376 g/mol. The largest absolute Gasteiger partial charge is 0.458 e. The van der Waals surface area contributed by atoms with Gasteiger partial charge in [0, 0.05) is 6.92 Å². The van der Waals surface area contributed by atoms with Crippen LogP contribution in [0.25, 0.3) is 0 Å². The molecule has 0 amide bonds. The molecule has 0 bridgehead atoms. The van der Waals surface area contributed by atoms with Gasteiger partial charge in [-0.25, -0.2) is 0 Å². The summed E-state index contributed by atoms with van der Waals surface area (Å²) >= 11 is 0. The van der Waals surface area contributed by atoms with Gasteiger partial charge in [-0.05, 0) is 38.5 Å². The number of carbonyl (C=O) groups is 1. The minimum atomic E-state index is -0.573. The molecule has 0 aromatic rings. The van der Waals surface area contributed by atoms with Gasteiger partial charge in [-0.15, -0.1) is 0 Å². The minimum absolute atomic E-state index is 0.221. The Labute approximate surface area is 165 Å². The van der Waals surface area contributed by atoms with Crippen LogP contribution in [0.15, 0.2) is 60.8 Å². The highest BCUT2D eigenvalue weighted by Crippen LogP contribution is 1.97. The van der Waals surface area contributed by atoms with Crippen molar-refractivity contribution in [1.82, 2.24) is 0 Å². The average Bonchev–Trinajstić information content (AvgIpc) is 2.65. The van der Waals surface area contributed by atoms with E-state index in [1.54, 1.807) is 0 Å². The number of hydrogen-bond acceptors (Lipinski definition) is 4. The summed E-state index contributed by atoms with van der Waals surface area (Å²) in [4.78, 5) is 10.8. The quantitative estimate of drug-likeness (QED) is 0.232. The minimum Gasteiger partial charge on any atom is -0.458 e. The average molecular weight is 377 g/mol. The van der Waals surface area contributed by atoms with Gasteiger partial charge < -0.3 is 14.6 Å².